The van der Waals surface area contributed by atoms with Gasteiger partial charge in [-0.3, -0.25) is 15.0 Å². The molecule has 0 aromatic carbocycles. The summed E-state index contributed by atoms with van der Waals surface area (Å²) in [6.45, 7) is 5.57. The molecule has 0 saturated carbocycles. The number of imide groups is 1. The van der Waals surface area contributed by atoms with E-state index in [-0.39, 0.29) is 18.4 Å². The van der Waals surface area contributed by atoms with E-state index in [0.717, 1.165) is 30.2 Å². The van der Waals surface area contributed by atoms with E-state index in [1.807, 2.05) is 28.5 Å². The van der Waals surface area contributed by atoms with E-state index >= 15 is 0 Å². The minimum absolute atomic E-state index is 0.162. The quantitative estimate of drug-likeness (QED) is 0.627. The molecule has 166 valence electrons. The lowest BCUT2D eigenvalue weighted by Crippen LogP contribution is -2.45. The number of rotatable bonds is 7. The molecule has 1 saturated heterocycles. The molecule has 2 N–H and O–H groups in total. The summed E-state index contributed by atoms with van der Waals surface area (Å²) in [4.78, 5) is 45.5. The molecule has 3 heterocycles. The van der Waals surface area contributed by atoms with Crippen molar-refractivity contribution in [2.24, 2.45) is 0 Å². The number of carbonyl (C=O) groups is 3. The van der Waals surface area contributed by atoms with Crippen LogP contribution in [0, 0.1) is 0 Å². The molecule has 1 fully saturated rings. The first kappa shape index (κ1) is 22.7. The highest BCUT2D eigenvalue weighted by Crippen LogP contribution is 2.15. The minimum Gasteiger partial charge on any atom is -0.462 e. The average Bonchev–Trinajstić information content (AvgIpc) is 3.18. The lowest BCUT2D eigenvalue weighted by Gasteiger charge is -2.22. The molecule has 3 amide bonds. The van der Waals surface area contributed by atoms with Gasteiger partial charge in [-0.2, -0.15) is 0 Å². The van der Waals surface area contributed by atoms with E-state index in [1.165, 1.54) is 6.20 Å². The molecule has 2 aromatic heterocycles. The lowest BCUT2D eigenvalue weighted by molar-refractivity contribution is -0.121. The van der Waals surface area contributed by atoms with Crippen molar-refractivity contribution in [1.82, 2.24) is 20.5 Å². The number of hydrogen-bond acceptors (Lipinski definition) is 8. The number of ether oxygens (including phenoxy) is 1. The number of anilines is 1. The third-order valence-electron chi connectivity index (χ3n) is 4.79. The maximum Gasteiger partial charge on any atom is 0.339 e. The normalized spacial score (nSPS) is 14.5. The molecule has 31 heavy (non-hydrogen) atoms. The van der Waals surface area contributed by atoms with Crippen LogP contribution in [-0.4, -0.2) is 67.1 Å². The zero-order valence-corrected chi connectivity index (χ0v) is 18.3. The second-order valence-corrected chi connectivity index (χ2v) is 8.08. The number of thiophene rings is 1. The van der Waals surface area contributed by atoms with Gasteiger partial charge in [-0.1, -0.05) is 6.07 Å². The first-order valence-electron chi connectivity index (χ1n) is 10.3. The molecule has 1 aliphatic rings. The predicted octanol–water partition coefficient (Wildman–Crippen LogP) is 1.86. The third-order valence-corrected chi connectivity index (χ3v) is 5.67. The van der Waals surface area contributed by atoms with E-state index in [9.17, 15) is 14.4 Å². The molecular formula is C21H27N5O4S. The average molecular weight is 446 g/mol. The van der Waals surface area contributed by atoms with E-state index in [0.29, 0.717) is 31.8 Å². The molecule has 0 spiro atoms. The Kier molecular flexibility index (Phi) is 8.36. The fraction of sp³-hybridized carbons (Fsp3) is 0.429. The van der Waals surface area contributed by atoms with Crippen molar-refractivity contribution < 1.29 is 19.1 Å². The van der Waals surface area contributed by atoms with Crippen LogP contribution in [0.1, 0.15) is 28.6 Å². The van der Waals surface area contributed by atoms with Gasteiger partial charge in [0, 0.05) is 37.3 Å². The molecule has 1 aliphatic heterocycles. The summed E-state index contributed by atoms with van der Waals surface area (Å²) < 4.78 is 4.98. The summed E-state index contributed by atoms with van der Waals surface area (Å²) in [5.41, 5.74) is 0.427. The number of aromatic nitrogens is 1. The fourth-order valence-corrected chi connectivity index (χ4v) is 3.90. The Morgan fingerprint density at radius 3 is 2.74 bits per heavy atom. The maximum absolute atomic E-state index is 12.2. The number of amides is 3. The van der Waals surface area contributed by atoms with Crippen molar-refractivity contribution in [3.05, 3.63) is 46.3 Å². The summed E-state index contributed by atoms with van der Waals surface area (Å²) in [7, 11) is 0. The van der Waals surface area contributed by atoms with Gasteiger partial charge in [-0.15, -0.1) is 11.3 Å². The van der Waals surface area contributed by atoms with Crippen LogP contribution in [0.15, 0.2) is 35.8 Å². The van der Waals surface area contributed by atoms with Crippen LogP contribution in [0.4, 0.5) is 10.6 Å². The molecule has 10 heteroatoms. The van der Waals surface area contributed by atoms with Crippen LogP contribution < -0.4 is 15.5 Å². The number of carbonyl (C=O) groups excluding carboxylic acids is 3. The highest BCUT2D eigenvalue weighted by atomic mass is 32.1. The first-order valence-corrected chi connectivity index (χ1v) is 11.1. The van der Waals surface area contributed by atoms with Crippen LogP contribution in [-0.2, 0) is 16.1 Å². The maximum atomic E-state index is 12.2. The van der Waals surface area contributed by atoms with Crippen LogP contribution in [0.25, 0.3) is 0 Å². The van der Waals surface area contributed by atoms with Gasteiger partial charge in [0.25, 0.3) is 0 Å². The minimum atomic E-state index is -0.485. The number of esters is 1. The topological polar surface area (TPSA) is 104 Å². The molecule has 2 aromatic rings. The van der Waals surface area contributed by atoms with Gasteiger partial charge in [-0.25, -0.2) is 14.6 Å². The van der Waals surface area contributed by atoms with E-state index in [2.05, 4.69) is 20.5 Å². The highest BCUT2D eigenvalue weighted by molar-refractivity contribution is 7.09. The summed E-state index contributed by atoms with van der Waals surface area (Å²) in [5, 5.41) is 7.01. The van der Waals surface area contributed by atoms with Gasteiger partial charge in [-0.05, 0) is 36.9 Å². The Morgan fingerprint density at radius 2 is 2.03 bits per heavy atom. The number of hydrogen-bond donors (Lipinski definition) is 2. The SMILES string of the molecule is CCOC(=O)c1ccc(N2CCCN(CC(=O)NC(=O)NCc3cccs3)CC2)nc1. The highest BCUT2D eigenvalue weighted by Gasteiger charge is 2.19. The fourth-order valence-electron chi connectivity index (χ4n) is 3.26. The van der Waals surface area contributed by atoms with Crippen molar-refractivity contribution in [2.45, 2.75) is 19.9 Å². The van der Waals surface area contributed by atoms with Gasteiger partial charge in [0.15, 0.2) is 0 Å². The van der Waals surface area contributed by atoms with Crippen molar-refractivity contribution >= 4 is 35.1 Å². The monoisotopic (exact) mass is 445 g/mol. The predicted molar refractivity (Wildman–Crippen MR) is 118 cm³/mol. The van der Waals surface area contributed by atoms with Gasteiger partial charge < -0.3 is 15.0 Å². The molecule has 0 radical (unpaired) electrons. The van der Waals surface area contributed by atoms with Gasteiger partial charge in [0.1, 0.15) is 5.82 Å². The van der Waals surface area contributed by atoms with Crippen LogP contribution in [0.2, 0.25) is 0 Å². The number of nitrogens with zero attached hydrogens (tertiary/aromatic N) is 3. The van der Waals surface area contributed by atoms with Crippen molar-refractivity contribution in [3.63, 3.8) is 0 Å². The molecule has 9 nitrogen and oxygen atoms in total. The van der Waals surface area contributed by atoms with Crippen LogP contribution in [0.5, 0.6) is 0 Å². The number of nitrogens with one attached hydrogen (secondary N) is 2. The molecule has 0 aliphatic carbocycles. The van der Waals surface area contributed by atoms with E-state index in [1.54, 1.807) is 24.3 Å². The Bertz CT molecular complexity index is 872. The Morgan fingerprint density at radius 1 is 1.16 bits per heavy atom. The number of urea groups is 1. The van der Waals surface area contributed by atoms with E-state index < -0.39 is 6.03 Å². The Hall–Kier alpha value is -2.98. The summed E-state index contributed by atoms with van der Waals surface area (Å²) >= 11 is 1.55. The summed E-state index contributed by atoms with van der Waals surface area (Å²) in [5.74, 6) is 0.0791. The first-order chi connectivity index (χ1) is 15.0. The Balaban J connectivity index is 1.43. The molecular weight excluding hydrogens is 418 g/mol. The van der Waals surface area contributed by atoms with E-state index in [4.69, 9.17) is 4.74 Å². The zero-order valence-electron chi connectivity index (χ0n) is 17.5. The van der Waals surface area contributed by atoms with Gasteiger partial charge in [0.05, 0.1) is 25.3 Å². The van der Waals surface area contributed by atoms with Crippen molar-refractivity contribution in [1.29, 1.82) is 0 Å². The number of pyridine rings is 1. The molecule has 0 atom stereocenters. The lowest BCUT2D eigenvalue weighted by atomic mass is 10.2. The van der Waals surface area contributed by atoms with Crippen LogP contribution in [0.3, 0.4) is 0 Å². The molecule has 0 unspecified atom stereocenters. The summed E-state index contributed by atoms with van der Waals surface area (Å²) in [6, 6.07) is 6.88. The standard InChI is InChI=1S/C21H27N5O4S/c1-2-30-20(28)16-6-7-18(22-13-16)26-9-4-8-25(10-11-26)15-19(27)24-21(29)23-14-17-5-3-12-31-17/h3,5-7,12-13H,2,4,8-11,14-15H2,1H3,(H2,23,24,27,29). The molecule has 3 rings (SSSR count). The Labute approximate surface area is 185 Å². The van der Waals surface area contributed by atoms with Gasteiger partial charge >= 0.3 is 12.0 Å². The third kappa shape index (κ3) is 7.04. The van der Waals surface area contributed by atoms with Gasteiger partial charge in [0.2, 0.25) is 5.91 Å². The van der Waals surface area contributed by atoms with Crippen molar-refractivity contribution in [3.8, 4) is 0 Å². The largest absolute Gasteiger partial charge is 0.462 e. The van der Waals surface area contributed by atoms with Crippen LogP contribution >= 0.6 is 11.3 Å². The second kappa shape index (κ2) is 11.4. The van der Waals surface area contributed by atoms with Crippen molar-refractivity contribution in [2.75, 3.05) is 44.2 Å². The second-order valence-electron chi connectivity index (χ2n) is 7.05. The zero-order chi connectivity index (χ0) is 22.1. The molecule has 0 bridgehead atoms. The smallest absolute Gasteiger partial charge is 0.339 e. The summed E-state index contributed by atoms with van der Waals surface area (Å²) in [6.07, 6.45) is 2.39.